The summed E-state index contributed by atoms with van der Waals surface area (Å²) in [6, 6.07) is 0. The van der Waals surface area contributed by atoms with Crippen molar-refractivity contribution in [3.05, 3.63) is 26.0 Å². The topological polar surface area (TPSA) is 0 Å². The summed E-state index contributed by atoms with van der Waals surface area (Å²) in [5, 5.41) is 0. The molecule has 0 saturated heterocycles. The van der Waals surface area contributed by atoms with Gasteiger partial charge in [-0.3, -0.25) is 0 Å². The summed E-state index contributed by atoms with van der Waals surface area (Å²) in [4.78, 5) is 0. The van der Waals surface area contributed by atoms with Crippen molar-refractivity contribution in [2.24, 2.45) is 11.8 Å². The van der Waals surface area contributed by atoms with Crippen LogP contribution in [-0.2, 0) is 0 Å². The first-order valence-electron chi connectivity index (χ1n) is 13.9. The van der Waals surface area contributed by atoms with Gasteiger partial charge in [0.1, 0.15) is 0 Å². The molecule has 0 aliphatic heterocycles. The molecule has 0 rings (SSSR count). The van der Waals surface area contributed by atoms with Crippen LogP contribution in [0.15, 0.2) is 12.2 Å². The van der Waals surface area contributed by atoms with E-state index in [2.05, 4.69) is 39.8 Å². The van der Waals surface area contributed by atoms with Crippen LogP contribution in [-0.4, -0.2) is 0 Å². The van der Waals surface area contributed by atoms with Crippen molar-refractivity contribution in [3.63, 3.8) is 0 Å². The lowest BCUT2D eigenvalue weighted by Crippen LogP contribution is -2.05. The summed E-state index contributed by atoms with van der Waals surface area (Å²) < 4.78 is 0. The second-order valence-corrected chi connectivity index (χ2v) is 10.1. The van der Waals surface area contributed by atoms with Crippen molar-refractivity contribution < 1.29 is 0 Å². The maximum atomic E-state index is 3.96. The minimum atomic E-state index is 0.863. The molecule has 1 atom stereocenters. The zero-order chi connectivity index (χ0) is 22.1. The van der Waals surface area contributed by atoms with Crippen LogP contribution < -0.4 is 0 Å². The molecule has 0 heterocycles. The quantitative estimate of drug-likeness (QED) is 0.108. The van der Waals surface area contributed by atoms with Crippen molar-refractivity contribution in [1.29, 1.82) is 0 Å². The Morgan fingerprint density at radius 2 is 0.867 bits per heavy atom. The molecule has 0 nitrogen and oxygen atoms in total. The Kier molecular flexibility index (Phi) is 24.8. The lowest BCUT2D eigenvalue weighted by Gasteiger charge is -2.19. The van der Waals surface area contributed by atoms with Crippen LogP contribution in [0.2, 0.25) is 0 Å². The molecule has 0 amide bonds. The highest BCUT2D eigenvalue weighted by atomic mass is 14.2. The second-order valence-electron chi connectivity index (χ2n) is 10.1. The molecule has 0 heteroatoms. The van der Waals surface area contributed by atoms with Crippen LogP contribution in [0.3, 0.4) is 0 Å². The Balaban J connectivity index is 3.48. The van der Waals surface area contributed by atoms with Crippen molar-refractivity contribution in [2.45, 2.75) is 155 Å². The molecule has 0 aliphatic carbocycles. The van der Waals surface area contributed by atoms with Gasteiger partial charge in [-0.05, 0) is 43.9 Å². The van der Waals surface area contributed by atoms with E-state index in [1.54, 1.807) is 0 Å². The molecular formula is C30H58. The lowest BCUT2D eigenvalue weighted by atomic mass is 9.87. The standard InChI is InChI=1S/C30H58/c1-5-7-9-11-12-13-14-15-16-17-18-19-20-21-23-25-27-30(28-29(3)4)26-24-22-10-8-6-2/h15-16,29-30H,1-2,5-14,17-28H2,3-4H3/b16-15+. The molecule has 30 heavy (non-hydrogen) atoms. The van der Waals surface area contributed by atoms with E-state index < -0.39 is 0 Å². The van der Waals surface area contributed by atoms with E-state index >= 15 is 0 Å². The van der Waals surface area contributed by atoms with Crippen LogP contribution in [0.25, 0.3) is 0 Å². The van der Waals surface area contributed by atoms with Crippen molar-refractivity contribution in [2.75, 3.05) is 0 Å². The lowest BCUT2D eigenvalue weighted by molar-refractivity contribution is 0.339. The van der Waals surface area contributed by atoms with Crippen LogP contribution in [0.5, 0.6) is 0 Å². The largest absolute Gasteiger partial charge is 0.0885 e. The van der Waals surface area contributed by atoms with Crippen molar-refractivity contribution in [1.82, 2.24) is 0 Å². The van der Waals surface area contributed by atoms with E-state index in [4.69, 9.17) is 0 Å². The fourth-order valence-corrected chi connectivity index (χ4v) is 4.62. The first-order chi connectivity index (χ1) is 14.7. The predicted octanol–water partition coefficient (Wildman–Crippen LogP) is 11.1. The first-order valence-corrected chi connectivity index (χ1v) is 13.9. The van der Waals surface area contributed by atoms with Gasteiger partial charge in [0.05, 0.1) is 0 Å². The Labute approximate surface area is 193 Å². The predicted molar refractivity (Wildman–Crippen MR) is 140 cm³/mol. The van der Waals surface area contributed by atoms with E-state index in [9.17, 15) is 0 Å². The number of hydrogen-bond donors (Lipinski definition) is 0. The fourth-order valence-electron chi connectivity index (χ4n) is 4.62. The van der Waals surface area contributed by atoms with Crippen LogP contribution in [0.1, 0.15) is 155 Å². The van der Waals surface area contributed by atoms with Gasteiger partial charge < -0.3 is 0 Å². The van der Waals surface area contributed by atoms with E-state index in [-0.39, 0.29) is 0 Å². The normalized spacial score (nSPS) is 13.0. The molecule has 0 spiro atoms. The summed E-state index contributed by atoms with van der Waals surface area (Å²) >= 11 is 0. The molecule has 0 aromatic carbocycles. The number of unbranched alkanes of at least 4 members (excludes halogenated alkanes) is 16. The van der Waals surface area contributed by atoms with E-state index in [0.717, 1.165) is 24.7 Å². The van der Waals surface area contributed by atoms with Gasteiger partial charge >= 0.3 is 0 Å². The van der Waals surface area contributed by atoms with Crippen molar-refractivity contribution in [3.8, 4) is 0 Å². The smallest absolute Gasteiger partial charge is 0.0351 e. The van der Waals surface area contributed by atoms with Gasteiger partial charge in [-0.2, -0.15) is 0 Å². The first kappa shape index (κ1) is 29.7. The van der Waals surface area contributed by atoms with Gasteiger partial charge in [0.15, 0.2) is 0 Å². The maximum absolute atomic E-state index is 3.96. The third-order valence-corrected chi connectivity index (χ3v) is 6.44. The van der Waals surface area contributed by atoms with Gasteiger partial charge in [-0.25, -0.2) is 0 Å². The van der Waals surface area contributed by atoms with E-state index in [0.29, 0.717) is 0 Å². The summed E-state index contributed by atoms with van der Waals surface area (Å²) in [6.45, 7) is 12.7. The molecule has 0 aromatic heterocycles. The summed E-state index contributed by atoms with van der Waals surface area (Å²) in [7, 11) is 0. The number of hydrogen-bond acceptors (Lipinski definition) is 0. The molecule has 2 radical (unpaired) electrons. The Morgan fingerprint density at radius 1 is 0.500 bits per heavy atom. The highest BCUT2D eigenvalue weighted by Crippen LogP contribution is 2.25. The Morgan fingerprint density at radius 3 is 1.27 bits per heavy atom. The van der Waals surface area contributed by atoms with Crippen LogP contribution in [0, 0.1) is 25.7 Å². The average Bonchev–Trinajstić information content (AvgIpc) is 2.72. The molecule has 178 valence electrons. The Hall–Kier alpha value is -0.260. The summed E-state index contributed by atoms with van der Waals surface area (Å²) in [6.07, 6.45) is 35.2. The SMILES string of the molecule is [CH2]CCCCCCC/C=C/CCCCCCCCC(CCCCCC[CH2])CC(C)C. The van der Waals surface area contributed by atoms with Gasteiger partial charge in [0.25, 0.3) is 0 Å². The summed E-state index contributed by atoms with van der Waals surface area (Å²) in [5.41, 5.74) is 0. The number of allylic oxidation sites excluding steroid dienone is 2. The Bertz CT molecular complexity index is 327. The molecular weight excluding hydrogens is 360 g/mol. The zero-order valence-corrected chi connectivity index (χ0v) is 21.3. The highest BCUT2D eigenvalue weighted by molar-refractivity contribution is 4.81. The average molecular weight is 419 g/mol. The van der Waals surface area contributed by atoms with Crippen molar-refractivity contribution >= 4 is 0 Å². The third kappa shape index (κ3) is 24.0. The number of rotatable bonds is 24. The van der Waals surface area contributed by atoms with E-state index in [1.807, 2.05) is 0 Å². The van der Waals surface area contributed by atoms with Crippen LogP contribution in [0.4, 0.5) is 0 Å². The highest BCUT2D eigenvalue weighted by Gasteiger charge is 2.10. The molecule has 0 aromatic rings. The molecule has 0 aliphatic rings. The minimum absolute atomic E-state index is 0.863. The van der Waals surface area contributed by atoms with Crippen LogP contribution >= 0.6 is 0 Å². The molecule has 0 saturated carbocycles. The second kappa shape index (κ2) is 25.0. The minimum Gasteiger partial charge on any atom is -0.0885 e. The van der Waals surface area contributed by atoms with Gasteiger partial charge in [-0.15, -0.1) is 0 Å². The van der Waals surface area contributed by atoms with Gasteiger partial charge in [0, 0.05) is 0 Å². The maximum Gasteiger partial charge on any atom is -0.0351 e. The van der Waals surface area contributed by atoms with Gasteiger partial charge in [0.2, 0.25) is 0 Å². The van der Waals surface area contributed by atoms with Gasteiger partial charge in [-0.1, -0.05) is 149 Å². The molecule has 0 bridgehead atoms. The molecule has 0 N–H and O–H groups in total. The summed E-state index contributed by atoms with van der Waals surface area (Å²) in [5.74, 6) is 1.85. The van der Waals surface area contributed by atoms with E-state index in [1.165, 1.54) is 128 Å². The molecule has 1 unspecified atom stereocenters. The zero-order valence-electron chi connectivity index (χ0n) is 21.3. The fraction of sp³-hybridized carbons (Fsp3) is 0.867. The monoisotopic (exact) mass is 418 g/mol. The third-order valence-electron chi connectivity index (χ3n) is 6.44. The molecule has 0 fully saturated rings.